The summed E-state index contributed by atoms with van der Waals surface area (Å²) >= 11 is 2.83. The minimum absolute atomic E-state index is 0.0319. The summed E-state index contributed by atoms with van der Waals surface area (Å²) < 4.78 is 1.60. The number of hydrogen-bond donors (Lipinski definition) is 1. The fourth-order valence-electron chi connectivity index (χ4n) is 2.54. The predicted molar refractivity (Wildman–Crippen MR) is 113 cm³/mol. The second-order valence-corrected chi connectivity index (χ2v) is 8.24. The van der Waals surface area contributed by atoms with Gasteiger partial charge in [0.1, 0.15) is 0 Å². The molecule has 3 aromatic rings. The lowest BCUT2D eigenvalue weighted by Gasteiger charge is -2.20. The van der Waals surface area contributed by atoms with E-state index in [1.165, 1.54) is 16.7 Å². The Morgan fingerprint density at radius 2 is 2.03 bits per heavy atom. The maximum absolute atomic E-state index is 12.6. The SMILES string of the molecule is CCN(CC(=O)NCc1cccs1)C(=O)CSc1nnnn1-c1ccc(C)cc1. The molecular formula is C19H22N6O2S2. The molecule has 10 heteroatoms. The van der Waals surface area contributed by atoms with E-state index in [2.05, 4.69) is 20.8 Å². The van der Waals surface area contributed by atoms with E-state index < -0.39 is 0 Å². The third-order valence-electron chi connectivity index (χ3n) is 4.15. The van der Waals surface area contributed by atoms with Gasteiger partial charge in [0.2, 0.25) is 17.0 Å². The summed E-state index contributed by atoms with van der Waals surface area (Å²) in [7, 11) is 0. The standard InChI is InChI=1S/C19H22N6O2S2/c1-3-24(12-17(26)20-11-16-5-4-10-28-16)18(27)13-29-19-21-22-23-25(19)15-8-6-14(2)7-9-15/h4-10H,3,11-13H2,1-2H3,(H,20,26). The highest BCUT2D eigenvalue weighted by Gasteiger charge is 2.18. The largest absolute Gasteiger partial charge is 0.350 e. The van der Waals surface area contributed by atoms with Gasteiger partial charge < -0.3 is 10.2 Å². The van der Waals surface area contributed by atoms with E-state index in [1.807, 2.05) is 55.6 Å². The molecule has 0 radical (unpaired) electrons. The Labute approximate surface area is 177 Å². The Morgan fingerprint density at radius 1 is 1.24 bits per heavy atom. The number of thiophene rings is 1. The first-order valence-electron chi connectivity index (χ1n) is 9.12. The first-order valence-corrected chi connectivity index (χ1v) is 11.0. The minimum atomic E-state index is -0.178. The van der Waals surface area contributed by atoms with Gasteiger partial charge in [-0.3, -0.25) is 9.59 Å². The number of nitrogens with zero attached hydrogens (tertiary/aromatic N) is 5. The van der Waals surface area contributed by atoms with E-state index >= 15 is 0 Å². The Hall–Kier alpha value is -2.72. The van der Waals surface area contributed by atoms with Crippen molar-refractivity contribution >= 4 is 34.9 Å². The molecule has 2 heterocycles. The van der Waals surface area contributed by atoms with E-state index in [-0.39, 0.29) is 24.1 Å². The van der Waals surface area contributed by atoms with Crippen molar-refractivity contribution in [2.45, 2.75) is 25.5 Å². The summed E-state index contributed by atoms with van der Waals surface area (Å²) in [4.78, 5) is 27.3. The first-order chi connectivity index (χ1) is 14.1. The molecule has 0 bridgehead atoms. The number of carbonyl (C=O) groups is 2. The van der Waals surface area contributed by atoms with Crippen LogP contribution in [0, 0.1) is 6.92 Å². The molecular weight excluding hydrogens is 408 g/mol. The number of rotatable bonds is 9. The van der Waals surface area contributed by atoms with Crippen molar-refractivity contribution in [1.82, 2.24) is 30.4 Å². The number of hydrogen-bond acceptors (Lipinski definition) is 7. The number of likely N-dealkylation sites (N-methyl/N-ethyl adjacent to an activating group) is 1. The molecule has 0 fully saturated rings. The highest BCUT2D eigenvalue weighted by molar-refractivity contribution is 7.99. The van der Waals surface area contributed by atoms with Crippen molar-refractivity contribution in [1.29, 1.82) is 0 Å². The molecule has 152 valence electrons. The lowest BCUT2D eigenvalue weighted by atomic mass is 10.2. The minimum Gasteiger partial charge on any atom is -0.350 e. The van der Waals surface area contributed by atoms with E-state index in [0.29, 0.717) is 18.2 Å². The summed E-state index contributed by atoms with van der Waals surface area (Å²) in [5.74, 6) is -0.163. The zero-order valence-electron chi connectivity index (χ0n) is 16.2. The summed E-state index contributed by atoms with van der Waals surface area (Å²) in [5.41, 5.74) is 1.97. The normalized spacial score (nSPS) is 10.7. The fraction of sp³-hybridized carbons (Fsp3) is 0.316. The number of tetrazole rings is 1. The maximum Gasteiger partial charge on any atom is 0.239 e. The second-order valence-electron chi connectivity index (χ2n) is 6.26. The van der Waals surface area contributed by atoms with Gasteiger partial charge >= 0.3 is 0 Å². The Morgan fingerprint density at radius 3 is 2.72 bits per heavy atom. The van der Waals surface area contributed by atoms with Crippen LogP contribution in [0.1, 0.15) is 17.4 Å². The van der Waals surface area contributed by atoms with Gasteiger partial charge in [0.25, 0.3) is 0 Å². The summed E-state index contributed by atoms with van der Waals surface area (Å²) in [6.07, 6.45) is 0. The number of aryl methyl sites for hydroxylation is 1. The number of nitrogens with one attached hydrogen (secondary N) is 1. The third kappa shape index (κ3) is 5.88. The molecule has 0 atom stereocenters. The zero-order valence-corrected chi connectivity index (χ0v) is 17.9. The molecule has 0 saturated heterocycles. The Bertz CT molecular complexity index is 940. The molecule has 0 unspecified atom stereocenters. The molecule has 1 N–H and O–H groups in total. The molecule has 0 aliphatic carbocycles. The molecule has 29 heavy (non-hydrogen) atoms. The molecule has 0 aliphatic heterocycles. The lowest BCUT2D eigenvalue weighted by molar-refractivity contribution is -0.133. The highest BCUT2D eigenvalue weighted by Crippen LogP contribution is 2.19. The quantitative estimate of drug-likeness (QED) is 0.524. The zero-order chi connectivity index (χ0) is 20.6. The van der Waals surface area contributed by atoms with Crippen LogP contribution in [0.2, 0.25) is 0 Å². The number of amides is 2. The van der Waals surface area contributed by atoms with E-state index in [0.717, 1.165) is 16.1 Å². The molecule has 8 nitrogen and oxygen atoms in total. The van der Waals surface area contributed by atoms with Crippen LogP contribution in [0.15, 0.2) is 46.9 Å². The van der Waals surface area contributed by atoms with Crippen LogP contribution < -0.4 is 5.32 Å². The molecule has 2 amide bonds. The van der Waals surface area contributed by atoms with Gasteiger partial charge in [-0.25, -0.2) is 0 Å². The number of carbonyl (C=O) groups excluding carboxylic acids is 2. The maximum atomic E-state index is 12.6. The first kappa shape index (κ1) is 21.0. The van der Waals surface area contributed by atoms with Crippen LogP contribution in [0.25, 0.3) is 5.69 Å². The summed E-state index contributed by atoms with van der Waals surface area (Å²) in [6.45, 7) is 4.82. The van der Waals surface area contributed by atoms with Crippen LogP contribution in [0.4, 0.5) is 0 Å². The van der Waals surface area contributed by atoms with Gasteiger partial charge in [-0.1, -0.05) is 35.5 Å². The smallest absolute Gasteiger partial charge is 0.239 e. The van der Waals surface area contributed by atoms with Crippen molar-refractivity contribution in [3.8, 4) is 5.69 Å². The number of benzene rings is 1. The summed E-state index contributed by atoms with van der Waals surface area (Å²) in [5, 5.41) is 17.1. The Balaban J connectivity index is 1.53. The van der Waals surface area contributed by atoms with E-state index in [4.69, 9.17) is 0 Å². The lowest BCUT2D eigenvalue weighted by Crippen LogP contribution is -2.41. The van der Waals surface area contributed by atoms with Gasteiger partial charge in [-0.05, 0) is 47.9 Å². The fourth-order valence-corrected chi connectivity index (χ4v) is 3.98. The average molecular weight is 431 g/mol. The highest BCUT2D eigenvalue weighted by atomic mass is 32.2. The molecule has 0 aliphatic rings. The number of thioether (sulfide) groups is 1. The van der Waals surface area contributed by atoms with Crippen LogP contribution in [0.3, 0.4) is 0 Å². The van der Waals surface area contributed by atoms with Crippen molar-refractivity contribution < 1.29 is 9.59 Å². The predicted octanol–water partition coefficient (Wildman–Crippen LogP) is 2.29. The topological polar surface area (TPSA) is 93.0 Å². The number of aromatic nitrogens is 4. The van der Waals surface area contributed by atoms with Crippen molar-refractivity contribution in [3.63, 3.8) is 0 Å². The van der Waals surface area contributed by atoms with Crippen LogP contribution in [-0.4, -0.2) is 55.8 Å². The monoisotopic (exact) mass is 430 g/mol. The molecule has 0 spiro atoms. The third-order valence-corrected chi connectivity index (χ3v) is 5.93. The van der Waals surface area contributed by atoms with Crippen LogP contribution in [0.5, 0.6) is 0 Å². The van der Waals surface area contributed by atoms with Gasteiger partial charge in [-0.2, -0.15) is 4.68 Å². The molecule has 0 saturated carbocycles. The van der Waals surface area contributed by atoms with Crippen molar-refractivity contribution in [3.05, 3.63) is 52.2 Å². The summed E-state index contributed by atoms with van der Waals surface area (Å²) in [6, 6.07) is 11.7. The van der Waals surface area contributed by atoms with Gasteiger partial charge in [0, 0.05) is 11.4 Å². The van der Waals surface area contributed by atoms with Crippen molar-refractivity contribution in [2.75, 3.05) is 18.8 Å². The van der Waals surface area contributed by atoms with E-state index in [1.54, 1.807) is 16.0 Å². The average Bonchev–Trinajstić information content (AvgIpc) is 3.41. The molecule has 2 aromatic heterocycles. The van der Waals surface area contributed by atoms with Gasteiger partial charge in [0.15, 0.2) is 0 Å². The molecule has 3 rings (SSSR count). The van der Waals surface area contributed by atoms with Crippen molar-refractivity contribution in [2.24, 2.45) is 0 Å². The van der Waals surface area contributed by atoms with Gasteiger partial charge in [0.05, 0.1) is 24.5 Å². The second kappa shape index (κ2) is 10.2. The Kier molecular flexibility index (Phi) is 7.36. The van der Waals surface area contributed by atoms with Crippen LogP contribution in [-0.2, 0) is 16.1 Å². The van der Waals surface area contributed by atoms with E-state index in [9.17, 15) is 9.59 Å². The molecule has 1 aromatic carbocycles. The van der Waals surface area contributed by atoms with Gasteiger partial charge in [-0.15, -0.1) is 16.4 Å². The van der Waals surface area contributed by atoms with Crippen LogP contribution >= 0.6 is 23.1 Å².